The second kappa shape index (κ2) is 6.18. The van der Waals surface area contributed by atoms with E-state index in [1.165, 1.54) is 12.1 Å². The highest BCUT2D eigenvalue weighted by Crippen LogP contribution is 2.23. The number of benzene rings is 2. The molecule has 2 aromatic carbocycles. The number of carbonyl (C=O) groups is 1. The van der Waals surface area contributed by atoms with Gasteiger partial charge in [-0.2, -0.15) is 0 Å². The van der Waals surface area contributed by atoms with Gasteiger partial charge in [0.25, 0.3) is 10.0 Å². The molecule has 0 saturated heterocycles. The van der Waals surface area contributed by atoms with Crippen molar-refractivity contribution >= 4 is 27.7 Å². The van der Waals surface area contributed by atoms with Gasteiger partial charge in [0.1, 0.15) is 5.70 Å². The van der Waals surface area contributed by atoms with Crippen molar-refractivity contribution in [1.29, 1.82) is 0 Å². The minimum absolute atomic E-state index is 0.139. The van der Waals surface area contributed by atoms with Crippen LogP contribution in [0.1, 0.15) is 16.8 Å². The number of Topliss-reactive ketones (excluding diaryl/α,β-unsaturated/α-hetero) is 1. The van der Waals surface area contributed by atoms with Crippen molar-refractivity contribution in [3.05, 3.63) is 71.9 Å². The zero-order valence-electron chi connectivity index (χ0n) is 12.1. The highest BCUT2D eigenvalue weighted by molar-refractivity contribution is 7.92. The number of anilines is 1. The van der Waals surface area contributed by atoms with Crippen LogP contribution in [0.3, 0.4) is 0 Å². The molecule has 116 valence electrons. The molecule has 1 aliphatic rings. The van der Waals surface area contributed by atoms with E-state index in [-0.39, 0.29) is 21.9 Å². The summed E-state index contributed by atoms with van der Waals surface area (Å²) in [5.74, 6) is -0.301. The third kappa shape index (κ3) is 3.22. The lowest BCUT2D eigenvalue weighted by Crippen LogP contribution is -2.15. The van der Waals surface area contributed by atoms with Crippen LogP contribution in [0.4, 0.5) is 5.69 Å². The third-order valence-electron chi connectivity index (χ3n) is 3.35. The summed E-state index contributed by atoms with van der Waals surface area (Å²) in [5, 5.41) is 0. The van der Waals surface area contributed by atoms with E-state index in [9.17, 15) is 13.2 Å². The first kappa shape index (κ1) is 15.2. The van der Waals surface area contributed by atoms with Crippen LogP contribution in [0, 0.1) is 0 Å². The Balaban J connectivity index is 1.95. The maximum Gasteiger partial charge on any atom is 0.261 e. The summed E-state index contributed by atoms with van der Waals surface area (Å²) in [7, 11) is -3.75. The molecule has 0 radical (unpaired) electrons. The van der Waals surface area contributed by atoms with Crippen molar-refractivity contribution in [2.45, 2.75) is 11.3 Å². The molecule has 2 aromatic rings. The van der Waals surface area contributed by atoms with E-state index < -0.39 is 10.0 Å². The van der Waals surface area contributed by atoms with Gasteiger partial charge in [-0.3, -0.25) is 14.5 Å². The first-order chi connectivity index (χ1) is 11.1. The molecule has 1 heterocycles. The summed E-state index contributed by atoms with van der Waals surface area (Å²) in [6.45, 7) is 0. The van der Waals surface area contributed by atoms with E-state index >= 15 is 0 Å². The number of para-hydroxylation sites is 1. The Hall–Kier alpha value is -2.73. The summed E-state index contributed by atoms with van der Waals surface area (Å²) in [6, 6.07) is 14.5. The fourth-order valence-corrected chi connectivity index (χ4v) is 3.33. The first-order valence-corrected chi connectivity index (χ1v) is 8.50. The van der Waals surface area contributed by atoms with Gasteiger partial charge < -0.3 is 0 Å². The van der Waals surface area contributed by atoms with Gasteiger partial charge in [0.05, 0.1) is 10.6 Å². The fourth-order valence-electron chi connectivity index (χ4n) is 2.23. The van der Waals surface area contributed by atoms with Crippen LogP contribution < -0.4 is 4.72 Å². The van der Waals surface area contributed by atoms with E-state index in [4.69, 9.17) is 0 Å². The number of nitrogens with one attached hydrogen (secondary N) is 1. The number of aliphatic imine (C=N–C) groups is 1. The summed E-state index contributed by atoms with van der Waals surface area (Å²) in [6.07, 6.45) is 3.97. The molecule has 0 fully saturated rings. The molecule has 5 nitrogen and oxygen atoms in total. The fraction of sp³-hybridized carbons (Fsp3) is 0.0588. The molecule has 23 heavy (non-hydrogen) atoms. The number of allylic oxidation sites excluding steroid dienone is 2. The largest absolute Gasteiger partial charge is 0.287 e. The summed E-state index contributed by atoms with van der Waals surface area (Å²) >= 11 is 0. The Morgan fingerprint density at radius 3 is 2.39 bits per heavy atom. The summed E-state index contributed by atoms with van der Waals surface area (Å²) < 4.78 is 27.3. The van der Waals surface area contributed by atoms with Crippen LogP contribution in [0.25, 0.3) is 0 Å². The van der Waals surface area contributed by atoms with Crippen molar-refractivity contribution in [3.63, 3.8) is 0 Å². The molecule has 0 atom stereocenters. The number of hydrogen-bond acceptors (Lipinski definition) is 4. The monoisotopic (exact) mass is 326 g/mol. The molecule has 0 aliphatic carbocycles. The Morgan fingerprint density at radius 2 is 1.70 bits per heavy atom. The van der Waals surface area contributed by atoms with Crippen LogP contribution in [0.15, 0.2) is 76.3 Å². The van der Waals surface area contributed by atoms with E-state index in [0.29, 0.717) is 12.1 Å². The van der Waals surface area contributed by atoms with Crippen LogP contribution in [0.5, 0.6) is 0 Å². The number of nitrogens with zero attached hydrogens (tertiary/aromatic N) is 1. The van der Waals surface area contributed by atoms with E-state index in [0.717, 1.165) is 0 Å². The van der Waals surface area contributed by atoms with Crippen molar-refractivity contribution in [1.82, 2.24) is 0 Å². The van der Waals surface area contributed by atoms with Gasteiger partial charge in [-0.25, -0.2) is 8.42 Å². The Morgan fingerprint density at radius 1 is 1.00 bits per heavy atom. The van der Waals surface area contributed by atoms with Gasteiger partial charge in [-0.05, 0) is 30.3 Å². The lowest BCUT2D eigenvalue weighted by molar-refractivity contribution is 0.103. The molecule has 3 rings (SSSR count). The molecule has 1 N–H and O–H groups in total. The molecule has 0 aromatic heterocycles. The minimum atomic E-state index is -3.75. The van der Waals surface area contributed by atoms with Gasteiger partial charge in [-0.1, -0.05) is 30.3 Å². The number of hydrogen-bond donors (Lipinski definition) is 1. The van der Waals surface area contributed by atoms with Gasteiger partial charge in [0.2, 0.25) is 5.78 Å². The molecular formula is C17H14N2O3S. The molecule has 0 bridgehead atoms. The van der Waals surface area contributed by atoms with Gasteiger partial charge in [-0.15, -0.1) is 0 Å². The summed E-state index contributed by atoms with van der Waals surface area (Å²) in [4.78, 5) is 16.6. The van der Waals surface area contributed by atoms with E-state index in [2.05, 4.69) is 9.71 Å². The highest BCUT2D eigenvalue weighted by atomic mass is 32.2. The van der Waals surface area contributed by atoms with Crippen molar-refractivity contribution in [2.75, 3.05) is 4.72 Å². The normalized spacial score (nSPS) is 13.7. The molecule has 0 amide bonds. The quantitative estimate of drug-likeness (QED) is 0.858. The van der Waals surface area contributed by atoms with Crippen molar-refractivity contribution in [3.8, 4) is 0 Å². The summed E-state index contributed by atoms with van der Waals surface area (Å²) in [5.41, 5.74) is 0.845. The number of carbonyl (C=O) groups excluding carboxylic acids is 1. The molecule has 0 spiro atoms. The average molecular weight is 326 g/mol. The number of ketones is 1. The maximum atomic E-state index is 12.5. The van der Waals surface area contributed by atoms with E-state index in [1.54, 1.807) is 54.8 Å². The predicted octanol–water partition coefficient (Wildman–Crippen LogP) is 3.03. The topological polar surface area (TPSA) is 75.6 Å². The lowest BCUT2D eigenvalue weighted by atomic mass is 10.1. The molecule has 0 unspecified atom stereocenters. The molecule has 6 heteroatoms. The molecule has 1 aliphatic heterocycles. The highest BCUT2D eigenvalue weighted by Gasteiger charge is 2.20. The minimum Gasteiger partial charge on any atom is -0.287 e. The Labute approximate surface area is 134 Å². The maximum absolute atomic E-state index is 12.5. The van der Waals surface area contributed by atoms with Crippen molar-refractivity contribution < 1.29 is 13.2 Å². The zero-order chi connectivity index (χ0) is 16.3. The SMILES string of the molecule is O=C(C1=CCC=N1)c1ccccc1NS(=O)(=O)c1ccccc1. The van der Waals surface area contributed by atoms with Gasteiger partial charge in [0.15, 0.2) is 0 Å². The first-order valence-electron chi connectivity index (χ1n) is 7.02. The van der Waals surface area contributed by atoms with Crippen LogP contribution >= 0.6 is 0 Å². The predicted molar refractivity (Wildman–Crippen MR) is 89.2 cm³/mol. The smallest absolute Gasteiger partial charge is 0.261 e. The second-order valence-corrected chi connectivity index (χ2v) is 6.61. The van der Waals surface area contributed by atoms with Crippen LogP contribution in [-0.2, 0) is 10.0 Å². The van der Waals surface area contributed by atoms with Gasteiger partial charge >= 0.3 is 0 Å². The standard InChI is InChI=1S/C17H14N2O3S/c20-17(16-11-6-12-18-16)14-9-4-5-10-15(14)19-23(21,22)13-7-2-1-3-8-13/h1-5,7-12,19H,6H2. The third-order valence-corrected chi connectivity index (χ3v) is 4.73. The lowest BCUT2D eigenvalue weighted by Gasteiger charge is -2.11. The van der Waals surface area contributed by atoms with Crippen LogP contribution in [-0.4, -0.2) is 20.4 Å². The van der Waals surface area contributed by atoms with Crippen molar-refractivity contribution in [2.24, 2.45) is 4.99 Å². The zero-order valence-corrected chi connectivity index (χ0v) is 13.0. The second-order valence-electron chi connectivity index (χ2n) is 4.93. The number of rotatable bonds is 5. The molecule has 0 saturated carbocycles. The Kier molecular flexibility index (Phi) is 4.08. The van der Waals surface area contributed by atoms with E-state index in [1.807, 2.05) is 0 Å². The Bertz CT molecular complexity index is 900. The molecular weight excluding hydrogens is 312 g/mol. The number of sulfonamides is 1. The average Bonchev–Trinajstić information content (AvgIpc) is 3.10. The van der Waals surface area contributed by atoms with Crippen LogP contribution in [0.2, 0.25) is 0 Å². The van der Waals surface area contributed by atoms with Gasteiger partial charge in [0, 0.05) is 18.2 Å².